The maximum Gasteiger partial charge on any atom is 0.123 e. The van der Waals surface area contributed by atoms with Crippen molar-refractivity contribution in [2.24, 2.45) is 0 Å². The minimum atomic E-state index is 0.399. The van der Waals surface area contributed by atoms with E-state index in [4.69, 9.17) is 4.74 Å². The SMILES string of the molecule is CCNC(C)c1ccc(OCC)c(CSCC)c1. The van der Waals surface area contributed by atoms with Crippen LogP contribution in [-0.2, 0) is 5.75 Å². The van der Waals surface area contributed by atoms with Gasteiger partial charge in [-0.3, -0.25) is 0 Å². The van der Waals surface area contributed by atoms with Gasteiger partial charge in [0.05, 0.1) is 6.61 Å². The van der Waals surface area contributed by atoms with Crippen LogP contribution in [0.4, 0.5) is 0 Å². The molecule has 2 nitrogen and oxygen atoms in total. The fourth-order valence-electron chi connectivity index (χ4n) is 1.91. The molecule has 1 aromatic carbocycles. The summed E-state index contributed by atoms with van der Waals surface area (Å²) in [5.74, 6) is 3.20. The van der Waals surface area contributed by atoms with Crippen molar-refractivity contribution in [3.05, 3.63) is 29.3 Å². The Balaban J connectivity index is 2.88. The van der Waals surface area contributed by atoms with Gasteiger partial charge in [-0.25, -0.2) is 0 Å². The van der Waals surface area contributed by atoms with Gasteiger partial charge in [0.15, 0.2) is 0 Å². The monoisotopic (exact) mass is 267 g/mol. The summed E-state index contributed by atoms with van der Waals surface area (Å²) in [6.07, 6.45) is 0. The first-order valence-electron chi connectivity index (χ1n) is 6.79. The predicted octanol–water partition coefficient (Wildman–Crippen LogP) is 4.01. The highest BCUT2D eigenvalue weighted by Gasteiger charge is 2.09. The molecule has 1 atom stereocenters. The molecule has 0 spiro atoms. The van der Waals surface area contributed by atoms with Gasteiger partial charge in [0.1, 0.15) is 5.75 Å². The van der Waals surface area contributed by atoms with Crippen molar-refractivity contribution in [1.29, 1.82) is 0 Å². The Kier molecular flexibility index (Phi) is 7.21. The van der Waals surface area contributed by atoms with Gasteiger partial charge in [-0.15, -0.1) is 0 Å². The minimum Gasteiger partial charge on any atom is -0.494 e. The van der Waals surface area contributed by atoms with E-state index in [0.717, 1.165) is 30.4 Å². The lowest BCUT2D eigenvalue weighted by atomic mass is 10.0. The van der Waals surface area contributed by atoms with Gasteiger partial charge in [-0.2, -0.15) is 11.8 Å². The smallest absolute Gasteiger partial charge is 0.123 e. The minimum absolute atomic E-state index is 0.399. The Morgan fingerprint density at radius 3 is 2.67 bits per heavy atom. The third-order valence-corrected chi connectivity index (χ3v) is 3.78. The highest BCUT2D eigenvalue weighted by Crippen LogP contribution is 2.27. The Morgan fingerprint density at radius 1 is 1.28 bits per heavy atom. The van der Waals surface area contributed by atoms with Crippen molar-refractivity contribution >= 4 is 11.8 Å². The van der Waals surface area contributed by atoms with E-state index in [1.807, 2.05) is 18.7 Å². The zero-order valence-electron chi connectivity index (χ0n) is 12.0. The second kappa shape index (κ2) is 8.44. The van der Waals surface area contributed by atoms with E-state index in [2.05, 4.69) is 44.3 Å². The molecule has 1 N–H and O–H groups in total. The molecule has 102 valence electrons. The van der Waals surface area contributed by atoms with Crippen LogP contribution < -0.4 is 10.1 Å². The van der Waals surface area contributed by atoms with Crippen LogP contribution in [0.25, 0.3) is 0 Å². The number of hydrogen-bond donors (Lipinski definition) is 1. The average molecular weight is 267 g/mol. The zero-order chi connectivity index (χ0) is 13.4. The summed E-state index contributed by atoms with van der Waals surface area (Å²) in [7, 11) is 0. The molecule has 0 radical (unpaired) electrons. The quantitative estimate of drug-likeness (QED) is 0.769. The van der Waals surface area contributed by atoms with Gasteiger partial charge in [0.2, 0.25) is 0 Å². The summed E-state index contributed by atoms with van der Waals surface area (Å²) in [6.45, 7) is 10.3. The van der Waals surface area contributed by atoms with E-state index in [1.54, 1.807) is 0 Å². The van der Waals surface area contributed by atoms with Crippen LogP contribution in [0.2, 0.25) is 0 Å². The van der Waals surface area contributed by atoms with Crippen LogP contribution in [0.1, 0.15) is 44.9 Å². The van der Waals surface area contributed by atoms with Crippen LogP contribution in [0, 0.1) is 0 Å². The maximum absolute atomic E-state index is 5.70. The number of rotatable bonds is 8. The van der Waals surface area contributed by atoms with Gasteiger partial charge in [0, 0.05) is 17.4 Å². The number of benzene rings is 1. The molecule has 0 amide bonds. The lowest BCUT2D eigenvalue weighted by molar-refractivity contribution is 0.337. The molecule has 0 aliphatic rings. The fourth-order valence-corrected chi connectivity index (χ4v) is 2.56. The number of nitrogens with one attached hydrogen (secondary N) is 1. The third kappa shape index (κ3) is 4.54. The first kappa shape index (κ1) is 15.4. The van der Waals surface area contributed by atoms with Crippen molar-refractivity contribution in [1.82, 2.24) is 5.32 Å². The molecular weight excluding hydrogens is 242 g/mol. The molecule has 0 bridgehead atoms. The Hall–Kier alpha value is -0.670. The van der Waals surface area contributed by atoms with Gasteiger partial charge < -0.3 is 10.1 Å². The number of ether oxygens (including phenoxy) is 1. The van der Waals surface area contributed by atoms with Crippen LogP contribution in [-0.4, -0.2) is 18.9 Å². The summed E-state index contributed by atoms with van der Waals surface area (Å²) in [6, 6.07) is 6.95. The van der Waals surface area contributed by atoms with E-state index in [-0.39, 0.29) is 0 Å². The van der Waals surface area contributed by atoms with Crippen LogP contribution in [0.5, 0.6) is 5.75 Å². The topological polar surface area (TPSA) is 21.3 Å². The van der Waals surface area contributed by atoms with Gasteiger partial charge in [-0.1, -0.05) is 19.9 Å². The molecule has 1 unspecified atom stereocenters. The maximum atomic E-state index is 5.70. The van der Waals surface area contributed by atoms with Crippen LogP contribution in [0.3, 0.4) is 0 Å². The summed E-state index contributed by atoms with van der Waals surface area (Å²) < 4.78 is 5.70. The molecule has 0 aliphatic heterocycles. The molecule has 1 rings (SSSR count). The molecule has 1 aromatic rings. The molecule has 0 aliphatic carbocycles. The van der Waals surface area contributed by atoms with Crippen LogP contribution >= 0.6 is 11.8 Å². The van der Waals surface area contributed by atoms with Crippen molar-refractivity contribution in [2.75, 3.05) is 18.9 Å². The molecule has 0 aromatic heterocycles. The lowest BCUT2D eigenvalue weighted by Gasteiger charge is -2.16. The molecule has 0 saturated carbocycles. The average Bonchev–Trinajstić information content (AvgIpc) is 2.38. The molecule has 3 heteroatoms. The highest BCUT2D eigenvalue weighted by molar-refractivity contribution is 7.98. The number of hydrogen-bond acceptors (Lipinski definition) is 3. The van der Waals surface area contributed by atoms with Gasteiger partial charge in [0.25, 0.3) is 0 Å². The third-order valence-electron chi connectivity index (χ3n) is 2.86. The normalized spacial score (nSPS) is 12.4. The summed E-state index contributed by atoms with van der Waals surface area (Å²) >= 11 is 1.93. The van der Waals surface area contributed by atoms with Crippen molar-refractivity contribution in [3.63, 3.8) is 0 Å². The zero-order valence-corrected chi connectivity index (χ0v) is 12.8. The molecule has 0 saturated heterocycles. The lowest BCUT2D eigenvalue weighted by Crippen LogP contribution is -2.17. The first-order chi connectivity index (χ1) is 8.72. The Morgan fingerprint density at radius 2 is 2.06 bits per heavy atom. The van der Waals surface area contributed by atoms with Crippen molar-refractivity contribution in [2.45, 2.75) is 39.5 Å². The Labute approximate surface area is 116 Å². The van der Waals surface area contributed by atoms with E-state index >= 15 is 0 Å². The largest absolute Gasteiger partial charge is 0.494 e. The van der Waals surface area contributed by atoms with E-state index in [1.165, 1.54) is 11.1 Å². The van der Waals surface area contributed by atoms with Crippen molar-refractivity contribution < 1.29 is 4.74 Å². The van der Waals surface area contributed by atoms with E-state index in [9.17, 15) is 0 Å². The fraction of sp³-hybridized carbons (Fsp3) is 0.600. The van der Waals surface area contributed by atoms with Crippen molar-refractivity contribution in [3.8, 4) is 5.75 Å². The second-order valence-corrected chi connectivity index (χ2v) is 5.49. The first-order valence-corrected chi connectivity index (χ1v) is 7.95. The van der Waals surface area contributed by atoms with E-state index in [0.29, 0.717) is 6.04 Å². The summed E-state index contributed by atoms with van der Waals surface area (Å²) in [4.78, 5) is 0. The van der Waals surface area contributed by atoms with Crippen LogP contribution in [0.15, 0.2) is 18.2 Å². The summed E-state index contributed by atoms with van der Waals surface area (Å²) in [5.41, 5.74) is 2.65. The predicted molar refractivity (Wildman–Crippen MR) is 81.5 cm³/mol. The summed E-state index contributed by atoms with van der Waals surface area (Å²) in [5, 5.41) is 3.45. The second-order valence-electron chi connectivity index (χ2n) is 4.22. The number of thioether (sulfide) groups is 1. The van der Waals surface area contributed by atoms with E-state index < -0.39 is 0 Å². The molecule has 0 heterocycles. The molecular formula is C15H25NOS. The molecule has 18 heavy (non-hydrogen) atoms. The Bertz CT molecular complexity index is 354. The standard InChI is InChI=1S/C15H25NOS/c1-5-16-12(4)13-8-9-15(17-6-2)14(10-13)11-18-7-3/h8-10,12,16H,5-7,11H2,1-4H3. The molecule has 0 fully saturated rings. The highest BCUT2D eigenvalue weighted by atomic mass is 32.2. The van der Waals surface area contributed by atoms with Gasteiger partial charge in [-0.05, 0) is 43.8 Å². The van der Waals surface area contributed by atoms with Gasteiger partial charge >= 0.3 is 0 Å².